The van der Waals surface area contributed by atoms with Crippen LogP contribution in [0.15, 0.2) is 35.5 Å². The Labute approximate surface area is 113 Å². The van der Waals surface area contributed by atoms with E-state index >= 15 is 0 Å². The van der Waals surface area contributed by atoms with Crippen molar-refractivity contribution in [3.8, 4) is 0 Å². The number of oxime groups is 1. The van der Waals surface area contributed by atoms with Crippen molar-refractivity contribution in [1.82, 2.24) is 5.32 Å². The average Bonchev–Trinajstić information content (AvgIpc) is 2.43. The van der Waals surface area contributed by atoms with Crippen LogP contribution in [0.5, 0.6) is 0 Å². The van der Waals surface area contributed by atoms with E-state index in [0.717, 1.165) is 24.3 Å². The lowest BCUT2D eigenvalue weighted by Gasteiger charge is -2.18. The van der Waals surface area contributed by atoms with Crippen LogP contribution in [-0.4, -0.2) is 29.6 Å². The average molecular weight is 267 g/mol. The number of thioether (sulfide) groups is 1. The molecule has 0 aliphatic rings. The Hall–Kier alpha value is -1.20. The third-order valence-electron chi connectivity index (χ3n) is 2.66. The highest BCUT2D eigenvalue weighted by atomic mass is 32.2. The molecule has 4 N–H and O–H groups in total. The number of nitrogens with two attached hydrogens (primary N) is 1. The molecule has 0 aromatic heterocycles. The Balaban J connectivity index is 2.58. The Morgan fingerprint density at radius 2 is 2.17 bits per heavy atom. The number of nitrogens with one attached hydrogen (secondary N) is 1. The molecular formula is C13H21N3OS. The summed E-state index contributed by atoms with van der Waals surface area (Å²) in [5.41, 5.74) is 6.76. The van der Waals surface area contributed by atoms with Gasteiger partial charge >= 0.3 is 0 Å². The van der Waals surface area contributed by atoms with Gasteiger partial charge in [0.25, 0.3) is 0 Å². The second-order valence-electron chi connectivity index (χ2n) is 4.06. The van der Waals surface area contributed by atoms with Gasteiger partial charge in [-0.05, 0) is 30.5 Å². The molecule has 5 heteroatoms. The lowest BCUT2D eigenvalue weighted by Crippen LogP contribution is -2.28. The van der Waals surface area contributed by atoms with Gasteiger partial charge in [0, 0.05) is 12.5 Å². The Morgan fingerprint density at radius 1 is 1.44 bits per heavy atom. The van der Waals surface area contributed by atoms with Crippen molar-refractivity contribution >= 4 is 17.6 Å². The minimum absolute atomic E-state index is 0.101. The predicted octanol–water partition coefficient (Wildman–Crippen LogP) is 2.21. The van der Waals surface area contributed by atoms with Crippen LogP contribution in [0, 0.1) is 0 Å². The summed E-state index contributed by atoms with van der Waals surface area (Å²) in [5.74, 6) is 1.39. The molecule has 0 saturated heterocycles. The van der Waals surface area contributed by atoms with Crippen molar-refractivity contribution in [2.24, 2.45) is 10.9 Å². The van der Waals surface area contributed by atoms with Crippen molar-refractivity contribution in [2.45, 2.75) is 18.9 Å². The molecule has 0 bridgehead atoms. The molecule has 0 aliphatic carbocycles. The summed E-state index contributed by atoms with van der Waals surface area (Å²) >= 11 is 1.84. The van der Waals surface area contributed by atoms with Gasteiger partial charge in [-0.2, -0.15) is 11.8 Å². The van der Waals surface area contributed by atoms with Crippen molar-refractivity contribution in [3.05, 3.63) is 35.9 Å². The van der Waals surface area contributed by atoms with Crippen LogP contribution in [0.1, 0.15) is 24.4 Å². The number of rotatable bonds is 8. The molecule has 1 aromatic carbocycles. The van der Waals surface area contributed by atoms with E-state index in [1.807, 2.05) is 30.0 Å². The van der Waals surface area contributed by atoms with Gasteiger partial charge in [-0.25, -0.2) is 0 Å². The standard InChI is InChI=1S/C13H21N3OS/c1-18-9-5-8-15-12(10-13(14)16-17)11-6-3-2-4-7-11/h2-4,6-7,12,15,17H,5,8-10H2,1H3,(H2,14,16). The molecule has 100 valence electrons. The van der Waals surface area contributed by atoms with E-state index in [1.165, 1.54) is 0 Å². The number of hydrogen-bond donors (Lipinski definition) is 3. The topological polar surface area (TPSA) is 70.6 Å². The largest absolute Gasteiger partial charge is 0.409 e. The van der Waals surface area contributed by atoms with Crippen LogP contribution in [0.4, 0.5) is 0 Å². The number of hydrogen-bond acceptors (Lipinski definition) is 4. The van der Waals surface area contributed by atoms with Crippen molar-refractivity contribution in [3.63, 3.8) is 0 Å². The van der Waals surface area contributed by atoms with Crippen LogP contribution in [0.2, 0.25) is 0 Å². The number of amidine groups is 1. The molecule has 0 spiro atoms. The Bertz CT molecular complexity index is 357. The number of benzene rings is 1. The Kier molecular flexibility index (Phi) is 7.29. The first-order valence-electron chi connectivity index (χ1n) is 6.01. The van der Waals surface area contributed by atoms with E-state index in [0.29, 0.717) is 6.42 Å². The zero-order valence-electron chi connectivity index (χ0n) is 10.7. The van der Waals surface area contributed by atoms with Gasteiger partial charge in [0.1, 0.15) is 5.84 Å². The van der Waals surface area contributed by atoms with E-state index in [1.54, 1.807) is 0 Å². The highest BCUT2D eigenvalue weighted by molar-refractivity contribution is 7.98. The molecular weight excluding hydrogens is 246 g/mol. The molecule has 18 heavy (non-hydrogen) atoms. The molecule has 0 aliphatic heterocycles. The second kappa shape index (κ2) is 8.83. The van der Waals surface area contributed by atoms with E-state index in [9.17, 15) is 0 Å². The first-order valence-corrected chi connectivity index (χ1v) is 7.41. The van der Waals surface area contributed by atoms with Crippen molar-refractivity contribution in [2.75, 3.05) is 18.6 Å². The van der Waals surface area contributed by atoms with Gasteiger partial charge in [0.15, 0.2) is 0 Å². The maximum atomic E-state index is 8.67. The molecule has 0 fully saturated rings. The van der Waals surface area contributed by atoms with Crippen molar-refractivity contribution < 1.29 is 5.21 Å². The van der Waals surface area contributed by atoms with E-state index in [-0.39, 0.29) is 11.9 Å². The van der Waals surface area contributed by atoms with E-state index in [2.05, 4.69) is 28.9 Å². The highest BCUT2D eigenvalue weighted by Gasteiger charge is 2.12. The number of nitrogens with zero attached hydrogens (tertiary/aromatic N) is 1. The summed E-state index contributed by atoms with van der Waals surface area (Å²) in [6.45, 7) is 0.930. The first-order chi connectivity index (χ1) is 8.77. The third kappa shape index (κ3) is 5.42. The molecule has 0 radical (unpaired) electrons. The maximum Gasteiger partial charge on any atom is 0.141 e. The minimum Gasteiger partial charge on any atom is -0.409 e. The molecule has 4 nitrogen and oxygen atoms in total. The predicted molar refractivity (Wildman–Crippen MR) is 78.2 cm³/mol. The van der Waals surface area contributed by atoms with E-state index in [4.69, 9.17) is 10.9 Å². The normalized spacial score (nSPS) is 13.5. The fraction of sp³-hybridized carbons (Fsp3) is 0.462. The van der Waals surface area contributed by atoms with Gasteiger partial charge in [-0.1, -0.05) is 35.5 Å². The maximum absolute atomic E-state index is 8.67. The summed E-state index contributed by atoms with van der Waals surface area (Å²) in [4.78, 5) is 0. The summed E-state index contributed by atoms with van der Waals surface area (Å²) in [6.07, 6.45) is 3.73. The summed E-state index contributed by atoms with van der Waals surface area (Å²) in [5, 5.41) is 15.2. The van der Waals surface area contributed by atoms with Crippen LogP contribution >= 0.6 is 11.8 Å². The zero-order valence-corrected chi connectivity index (χ0v) is 11.5. The smallest absolute Gasteiger partial charge is 0.141 e. The molecule has 0 amide bonds. The van der Waals surface area contributed by atoms with Crippen LogP contribution < -0.4 is 11.1 Å². The van der Waals surface area contributed by atoms with Gasteiger partial charge in [-0.15, -0.1) is 0 Å². The fourth-order valence-corrected chi connectivity index (χ4v) is 2.17. The summed E-state index contributed by atoms with van der Waals surface area (Å²) < 4.78 is 0. The first kappa shape index (κ1) is 14.9. The summed E-state index contributed by atoms with van der Waals surface area (Å²) in [7, 11) is 0. The quantitative estimate of drug-likeness (QED) is 0.222. The van der Waals surface area contributed by atoms with Gasteiger partial charge < -0.3 is 16.3 Å². The van der Waals surface area contributed by atoms with Gasteiger partial charge in [-0.3, -0.25) is 0 Å². The van der Waals surface area contributed by atoms with E-state index < -0.39 is 0 Å². The Morgan fingerprint density at radius 3 is 2.78 bits per heavy atom. The lowest BCUT2D eigenvalue weighted by atomic mass is 10.0. The molecule has 1 atom stereocenters. The second-order valence-corrected chi connectivity index (χ2v) is 5.04. The van der Waals surface area contributed by atoms with Crippen LogP contribution in [0.25, 0.3) is 0 Å². The van der Waals surface area contributed by atoms with Crippen LogP contribution in [0.3, 0.4) is 0 Å². The summed E-state index contributed by atoms with van der Waals surface area (Å²) in [6, 6.07) is 10.2. The fourth-order valence-electron chi connectivity index (χ4n) is 1.74. The van der Waals surface area contributed by atoms with Gasteiger partial charge in [0.2, 0.25) is 0 Å². The molecule has 0 saturated carbocycles. The molecule has 1 rings (SSSR count). The molecule has 1 aromatic rings. The van der Waals surface area contributed by atoms with Gasteiger partial charge in [0.05, 0.1) is 0 Å². The van der Waals surface area contributed by atoms with Crippen molar-refractivity contribution in [1.29, 1.82) is 0 Å². The van der Waals surface area contributed by atoms with Crippen LogP contribution in [-0.2, 0) is 0 Å². The SMILES string of the molecule is CSCCCNC(CC(N)=NO)c1ccccc1. The minimum atomic E-state index is 0.101. The highest BCUT2D eigenvalue weighted by Crippen LogP contribution is 2.16. The third-order valence-corrected chi connectivity index (χ3v) is 3.36. The zero-order chi connectivity index (χ0) is 13.2. The molecule has 0 heterocycles. The monoisotopic (exact) mass is 267 g/mol. The lowest BCUT2D eigenvalue weighted by molar-refractivity contribution is 0.315. The molecule has 1 unspecified atom stereocenters.